The summed E-state index contributed by atoms with van der Waals surface area (Å²) in [6, 6.07) is 49.7. The van der Waals surface area contributed by atoms with Gasteiger partial charge in [-0.2, -0.15) is 0 Å². The summed E-state index contributed by atoms with van der Waals surface area (Å²) in [5.41, 5.74) is 12.2. The first-order valence-electron chi connectivity index (χ1n) is 15.8. The van der Waals surface area contributed by atoms with Gasteiger partial charge in [-0.15, -0.1) is 0 Å². The molecular formula is C42H36N2. The fourth-order valence-corrected chi connectivity index (χ4v) is 6.16. The van der Waals surface area contributed by atoms with E-state index in [1.807, 2.05) is 6.07 Å². The summed E-state index contributed by atoms with van der Waals surface area (Å²) < 4.78 is 0. The number of rotatable bonds is 9. The van der Waals surface area contributed by atoms with Gasteiger partial charge in [-0.25, -0.2) is 9.97 Å². The Kier molecular flexibility index (Phi) is 7.97. The molecule has 0 saturated heterocycles. The smallest absolute Gasteiger partial charge is 0.0723 e. The Morgan fingerprint density at radius 3 is 1.36 bits per heavy atom. The van der Waals surface area contributed by atoms with E-state index in [9.17, 15) is 0 Å². The normalized spacial score (nSPS) is 11.3. The van der Waals surface area contributed by atoms with Crippen molar-refractivity contribution < 1.29 is 0 Å². The lowest BCUT2D eigenvalue weighted by molar-refractivity contribution is 0.667. The lowest BCUT2D eigenvalue weighted by Crippen LogP contribution is -1.94. The maximum Gasteiger partial charge on any atom is 0.0723 e. The molecule has 0 bridgehead atoms. The standard InChI is InChI=1S/C42H36N2/c1-2-3-4-8-15-30-22-24-34(25-23-30)40-27-36(32-18-11-6-12-19-32)38-28-41-37(29-42(38)44-40)35(31-16-9-5-10-17-31)26-39(43-41)33-20-13-7-14-21-33/h5-7,9-14,16-29H,2-4,8,15H2,1H3. The summed E-state index contributed by atoms with van der Waals surface area (Å²) >= 11 is 0. The topological polar surface area (TPSA) is 25.8 Å². The van der Waals surface area contributed by atoms with Gasteiger partial charge in [-0.05, 0) is 64.9 Å². The van der Waals surface area contributed by atoms with Crippen molar-refractivity contribution in [1.82, 2.24) is 9.97 Å². The molecule has 0 unspecified atom stereocenters. The number of hydrogen-bond acceptors (Lipinski definition) is 2. The minimum absolute atomic E-state index is 0.969. The molecule has 7 rings (SSSR count). The third-order valence-electron chi connectivity index (χ3n) is 8.55. The Hall–Kier alpha value is -5.08. The Bertz CT molecular complexity index is 2010. The molecule has 0 aliphatic carbocycles. The average molecular weight is 569 g/mol. The average Bonchev–Trinajstić information content (AvgIpc) is 3.10. The van der Waals surface area contributed by atoms with Crippen LogP contribution in [-0.2, 0) is 6.42 Å². The highest BCUT2D eigenvalue weighted by Crippen LogP contribution is 2.38. The molecule has 0 atom stereocenters. The van der Waals surface area contributed by atoms with E-state index < -0.39 is 0 Å². The van der Waals surface area contributed by atoms with E-state index in [1.54, 1.807) is 0 Å². The minimum atomic E-state index is 0.969. The molecule has 0 N–H and O–H groups in total. The van der Waals surface area contributed by atoms with Gasteiger partial charge in [0.25, 0.3) is 0 Å². The van der Waals surface area contributed by atoms with Crippen LogP contribution in [0.2, 0.25) is 0 Å². The van der Waals surface area contributed by atoms with Crippen LogP contribution < -0.4 is 0 Å². The highest BCUT2D eigenvalue weighted by molar-refractivity contribution is 6.08. The number of hydrogen-bond donors (Lipinski definition) is 0. The highest BCUT2D eigenvalue weighted by Gasteiger charge is 2.15. The zero-order valence-corrected chi connectivity index (χ0v) is 25.2. The molecule has 5 aromatic carbocycles. The lowest BCUT2D eigenvalue weighted by atomic mass is 9.94. The minimum Gasteiger partial charge on any atom is -0.248 e. The summed E-state index contributed by atoms with van der Waals surface area (Å²) in [4.78, 5) is 10.5. The lowest BCUT2D eigenvalue weighted by Gasteiger charge is -2.15. The molecule has 2 nitrogen and oxygen atoms in total. The van der Waals surface area contributed by atoms with Crippen molar-refractivity contribution in [3.05, 3.63) is 145 Å². The zero-order chi connectivity index (χ0) is 29.7. The van der Waals surface area contributed by atoms with Gasteiger partial charge in [0.15, 0.2) is 0 Å². The van der Waals surface area contributed by atoms with E-state index in [4.69, 9.17) is 9.97 Å². The predicted molar refractivity (Wildman–Crippen MR) is 187 cm³/mol. The summed E-state index contributed by atoms with van der Waals surface area (Å²) in [5, 5.41) is 2.21. The molecule has 0 spiro atoms. The van der Waals surface area contributed by atoms with E-state index in [-0.39, 0.29) is 0 Å². The van der Waals surface area contributed by atoms with Crippen molar-refractivity contribution in [3.8, 4) is 44.8 Å². The van der Waals surface area contributed by atoms with Gasteiger partial charge in [-0.3, -0.25) is 0 Å². The third-order valence-corrected chi connectivity index (χ3v) is 8.55. The summed E-state index contributed by atoms with van der Waals surface area (Å²) in [7, 11) is 0. The first kappa shape index (κ1) is 27.7. The largest absolute Gasteiger partial charge is 0.248 e. The van der Waals surface area contributed by atoms with Gasteiger partial charge in [-0.1, -0.05) is 141 Å². The van der Waals surface area contributed by atoms with Crippen LogP contribution >= 0.6 is 0 Å². The first-order chi connectivity index (χ1) is 21.8. The van der Waals surface area contributed by atoms with E-state index >= 15 is 0 Å². The Morgan fingerprint density at radius 2 is 0.886 bits per heavy atom. The van der Waals surface area contributed by atoms with Crippen LogP contribution in [-0.4, -0.2) is 9.97 Å². The molecule has 44 heavy (non-hydrogen) atoms. The summed E-state index contributed by atoms with van der Waals surface area (Å²) in [5.74, 6) is 0. The Labute approximate surface area is 260 Å². The third kappa shape index (κ3) is 5.76. The van der Waals surface area contributed by atoms with E-state index in [0.717, 1.165) is 56.3 Å². The Morgan fingerprint density at radius 1 is 0.432 bits per heavy atom. The molecule has 0 aliphatic rings. The van der Waals surface area contributed by atoms with Crippen molar-refractivity contribution in [2.45, 2.75) is 39.0 Å². The van der Waals surface area contributed by atoms with Crippen LogP contribution in [0.5, 0.6) is 0 Å². The summed E-state index contributed by atoms with van der Waals surface area (Å²) in [6.07, 6.45) is 6.25. The fourth-order valence-electron chi connectivity index (χ4n) is 6.16. The van der Waals surface area contributed by atoms with Crippen molar-refractivity contribution in [2.24, 2.45) is 0 Å². The Balaban J connectivity index is 1.42. The van der Waals surface area contributed by atoms with Crippen molar-refractivity contribution in [3.63, 3.8) is 0 Å². The molecule has 0 saturated carbocycles. The number of nitrogens with zero attached hydrogens (tertiary/aromatic N) is 2. The number of aromatic nitrogens is 2. The monoisotopic (exact) mass is 568 g/mol. The number of aryl methyl sites for hydroxylation is 1. The second-order valence-electron chi connectivity index (χ2n) is 11.6. The number of pyridine rings is 2. The van der Waals surface area contributed by atoms with Crippen LogP contribution in [0.15, 0.2) is 140 Å². The summed E-state index contributed by atoms with van der Waals surface area (Å²) in [6.45, 7) is 2.26. The molecule has 7 aromatic rings. The van der Waals surface area contributed by atoms with Gasteiger partial charge >= 0.3 is 0 Å². The van der Waals surface area contributed by atoms with Crippen molar-refractivity contribution in [1.29, 1.82) is 0 Å². The van der Waals surface area contributed by atoms with Gasteiger partial charge in [0.05, 0.1) is 22.4 Å². The van der Waals surface area contributed by atoms with Gasteiger partial charge in [0, 0.05) is 21.9 Å². The fraction of sp³-hybridized carbons (Fsp3) is 0.143. The molecule has 214 valence electrons. The van der Waals surface area contributed by atoms with Gasteiger partial charge < -0.3 is 0 Å². The number of fused-ring (bicyclic) bond motifs is 2. The maximum atomic E-state index is 5.29. The predicted octanol–water partition coefficient (Wildman–Crippen LogP) is 11.6. The van der Waals surface area contributed by atoms with Crippen LogP contribution in [0.4, 0.5) is 0 Å². The van der Waals surface area contributed by atoms with Crippen LogP contribution in [0.25, 0.3) is 66.6 Å². The molecule has 2 aromatic heterocycles. The molecule has 0 fully saturated rings. The first-order valence-corrected chi connectivity index (χ1v) is 15.8. The molecule has 2 heterocycles. The van der Waals surface area contributed by atoms with Gasteiger partial charge in [0.1, 0.15) is 0 Å². The second kappa shape index (κ2) is 12.7. The maximum absolute atomic E-state index is 5.29. The van der Waals surface area contributed by atoms with E-state index in [0.29, 0.717) is 0 Å². The van der Waals surface area contributed by atoms with E-state index in [1.165, 1.54) is 47.9 Å². The molecule has 0 amide bonds. The van der Waals surface area contributed by atoms with Crippen molar-refractivity contribution in [2.75, 3.05) is 0 Å². The van der Waals surface area contributed by atoms with Gasteiger partial charge in [0.2, 0.25) is 0 Å². The SMILES string of the molecule is CCCCCCc1ccc(-c2cc(-c3ccccc3)c3cc4nc(-c5ccccc5)cc(-c5ccccc5)c4cc3n2)cc1. The molecule has 2 heteroatoms. The number of benzene rings is 5. The van der Waals surface area contributed by atoms with Crippen molar-refractivity contribution >= 4 is 21.8 Å². The molecule has 0 aliphatic heterocycles. The number of unbranched alkanes of at least 4 members (excludes halogenated alkanes) is 3. The van der Waals surface area contributed by atoms with Crippen LogP contribution in [0.1, 0.15) is 38.2 Å². The molecule has 0 radical (unpaired) electrons. The van der Waals surface area contributed by atoms with Crippen LogP contribution in [0, 0.1) is 0 Å². The zero-order valence-electron chi connectivity index (χ0n) is 25.2. The second-order valence-corrected chi connectivity index (χ2v) is 11.6. The quantitative estimate of drug-likeness (QED) is 0.128. The van der Waals surface area contributed by atoms with E-state index in [2.05, 4.69) is 140 Å². The molecular weight excluding hydrogens is 532 g/mol. The van der Waals surface area contributed by atoms with Crippen LogP contribution in [0.3, 0.4) is 0 Å². The highest BCUT2D eigenvalue weighted by atomic mass is 14.7.